The Bertz CT molecular complexity index is 240. The number of nitrogens with two attached hydrogens (primary N) is 1. The molecule has 0 heterocycles. The third kappa shape index (κ3) is 19.6. The normalized spacial score (nSPS) is 13.0. The van der Waals surface area contributed by atoms with Gasteiger partial charge in [0.1, 0.15) is 6.23 Å². The second kappa shape index (κ2) is 19.7. The topological polar surface area (TPSA) is 35.2 Å². The van der Waals surface area contributed by atoms with E-state index < -0.39 is 0 Å². The Morgan fingerprint density at radius 3 is 1.70 bits per heavy atom. The first-order valence-electron chi connectivity index (χ1n) is 10.3. The summed E-state index contributed by atoms with van der Waals surface area (Å²) in [7, 11) is 0. The van der Waals surface area contributed by atoms with Crippen LogP contribution in [0.4, 0.5) is 0 Å². The molecule has 1 atom stereocenters. The van der Waals surface area contributed by atoms with Gasteiger partial charge in [-0.1, -0.05) is 83.8 Å². The van der Waals surface area contributed by atoms with Gasteiger partial charge in [0.15, 0.2) is 0 Å². The Labute approximate surface area is 146 Å². The number of rotatable bonds is 18. The molecule has 0 aliphatic rings. The average molecular weight is 326 g/mol. The van der Waals surface area contributed by atoms with E-state index in [1.807, 2.05) is 0 Å². The monoisotopic (exact) mass is 325 g/mol. The lowest BCUT2D eigenvalue weighted by atomic mass is 10.1. The van der Waals surface area contributed by atoms with Crippen LogP contribution < -0.4 is 5.73 Å². The van der Waals surface area contributed by atoms with Crippen LogP contribution in [0.1, 0.15) is 110 Å². The minimum Gasteiger partial charge on any atom is -0.364 e. The summed E-state index contributed by atoms with van der Waals surface area (Å²) in [6.45, 7) is 5.17. The van der Waals surface area contributed by atoms with Gasteiger partial charge >= 0.3 is 0 Å². The molecular formula is C21H43NO. The molecular weight excluding hydrogens is 282 g/mol. The molecule has 0 aromatic heterocycles. The molecule has 0 rings (SSSR count). The summed E-state index contributed by atoms with van der Waals surface area (Å²) in [6.07, 6.45) is 24.5. The molecule has 0 saturated carbocycles. The summed E-state index contributed by atoms with van der Waals surface area (Å²) in [5, 5.41) is 0. The van der Waals surface area contributed by atoms with Gasteiger partial charge in [-0.05, 0) is 38.5 Å². The average Bonchev–Trinajstić information content (AvgIpc) is 2.57. The summed E-state index contributed by atoms with van der Waals surface area (Å²) < 4.78 is 5.48. The first-order valence-corrected chi connectivity index (χ1v) is 10.3. The van der Waals surface area contributed by atoms with Crippen LogP contribution in [0.2, 0.25) is 0 Å². The van der Waals surface area contributed by atoms with E-state index in [4.69, 9.17) is 10.5 Å². The zero-order valence-corrected chi connectivity index (χ0v) is 16.0. The molecule has 2 heteroatoms. The largest absolute Gasteiger partial charge is 0.364 e. The van der Waals surface area contributed by atoms with E-state index >= 15 is 0 Å². The third-order valence-corrected chi connectivity index (χ3v) is 4.39. The van der Waals surface area contributed by atoms with Crippen molar-refractivity contribution in [3.05, 3.63) is 12.2 Å². The van der Waals surface area contributed by atoms with E-state index in [-0.39, 0.29) is 6.23 Å². The van der Waals surface area contributed by atoms with Gasteiger partial charge in [-0.15, -0.1) is 0 Å². The van der Waals surface area contributed by atoms with E-state index in [0.29, 0.717) is 0 Å². The minimum atomic E-state index is -0.0573. The second-order valence-corrected chi connectivity index (χ2v) is 6.76. The van der Waals surface area contributed by atoms with Gasteiger partial charge < -0.3 is 10.5 Å². The molecule has 2 nitrogen and oxygen atoms in total. The highest BCUT2D eigenvalue weighted by molar-refractivity contribution is 4.81. The zero-order valence-electron chi connectivity index (χ0n) is 16.0. The maximum Gasteiger partial charge on any atom is 0.105 e. The van der Waals surface area contributed by atoms with Gasteiger partial charge in [0.2, 0.25) is 0 Å². The second-order valence-electron chi connectivity index (χ2n) is 6.76. The van der Waals surface area contributed by atoms with E-state index in [2.05, 4.69) is 26.0 Å². The molecule has 0 fully saturated rings. The fourth-order valence-corrected chi connectivity index (χ4v) is 2.70. The molecule has 0 amide bonds. The van der Waals surface area contributed by atoms with Crippen LogP contribution in [-0.2, 0) is 4.74 Å². The lowest BCUT2D eigenvalue weighted by Crippen LogP contribution is -2.22. The van der Waals surface area contributed by atoms with Crippen LogP contribution in [0.5, 0.6) is 0 Å². The predicted octanol–water partition coefficient (Wildman–Crippen LogP) is 6.74. The first-order chi connectivity index (χ1) is 11.3. The molecule has 0 saturated heterocycles. The van der Waals surface area contributed by atoms with Crippen LogP contribution in [0.3, 0.4) is 0 Å². The highest BCUT2D eigenvalue weighted by atomic mass is 16.5. The van der Waals surface area contributed by atoms with Crippen LogP contribution in [0, 0.1) is 0 Å². The standard InChI is InChI=1S/C21H43NO/c1-3-5-6-7-8-9-10-11-12-13-14-15-16-17-18-19-20-23-21(22)4-2/h11-12,21H,3-10,13-20,22H2,1-2H3/b12-11-. The van der Waals surface area contributed by atoms with Gasteiger partial charge in [-0.3, -0.25) is 0 Å². The summed E-state index contributed by atoms with van der Waals surface area (Å²) in [5.41, 5.74) is 5.71. The van der Waals surface area contributed by atoms with Crippen molar-refractivity contribution >= 4 is 0 Å². The van der Waals surface area contributed by atoms with Crippen molar-refractivity contribution in [1.82, 2.24) is 0 Å². The molecule has 0 spiro atoms. The first kappa shape index (κ1) is 22.7. The van der Waals surface area contributed by atoms with Gasteiger partial charge in [0.05, 0.1) is 0 Å². The molecule has 0 aromatic carbocycles. The highest BCUT2D eigenvalue weighted by Crippen LogP contribution is 2.10. The van der Waals surface area contributed by atoms with Gasteiger partial charge in [0, 0.05) is 6.61 Å². The minimum absolute atomic E-state index is 0.0573. The summed E-state index contributed by atoms with van der Waals surface area (Å²) in [4.78, 5) is 0. The van der Waals surface area contributed by atoms with Crippen molar-refractivity contribution in [3.8, 4) is 0 Å². The third-order valence-electron chi connectivity index (χ3n) is 4.39. The van der Waals surface area contributed by atoms with Crippen LogP contribution in [-0.4, -0.2) is 12.8 Å². The van der Waals surface area contributed by atoms with Crippen molar-refractivity contribution in [2.75, 3.05) is 6.61 Å². The number of ether oxygens (including phenoxy) is 1. The Morgan fingerprint density at radius 2 is 1.17 bits per heavy atom. The van der Waals surface area contributed by atoms with Gasteiger partial charge in [0.25, 0.3) is 0 Å². The van der Waals surface area contributed by atoms with Gasteiger partial charge in [-0.2, -0.15) is 0 Å². The van der Waals surface area contributed by atoms with E-state index in [1.54, 1.807) is 0 Å². The molecule has 0 aliphatic heterocycles. The van der Waals surface area contributed by atoms with Crippen LogP contribution in [0.15, 0.2) is 12.2 Å². The fourth-order valence-electron chi connectivity index (χ4n) is 2.70. The molecule has 0 bridgehead atoms. The van der Waals surface area contributed by atoms with Crippen LogP contribution >= 0.6 is 0 Å². The highest BCUT2D eigenvalue weighted by Gasteiger charge is 1.97. The smallest absolute Gasteiger partial charge is 0.105 e. The van der Waals surface area contributed by atoms with Crippen molar-refractivity contribution in [2.45, 2.75) is 116 Å². The number of hydrogen-bond acceptors (Lipinski definition) is 2. The maximum atomic E-state index is 5.71. The van der Waals surface area contributed by atoms with Crippen molar-refractivity contribution in [1.29, 1.82) is 0 Å². The lowest BCUT2D eigenvalue weighted by molar-refractivity contribution is 0.0526. The van der Waals surface area contributed by atoms with E-state index in [9.17, 15) is 0 Å². The molecule has 0 radical (unpaired) electrons. The zero-order chi connectivity index (χ0) is 17.0. The van der Waals surface area contributed by atoms with E-state index in [0.717, 1.165) is 19.4 Å². The Hall–Kier alpha value is -0.340. The Balaban J connectivity index is 3.08. The van der Waals surface area contributed by atoms with Gasteiger partial charge in [-0.25, -0.2) is 0 Å². The molecule has 23 heavy (non-hydrogen) atoms. The maximum absolute atomic E-state index is 5.71. The fraction of sp³-hybridized carbons (Fsp3) is 0.905. The molecule has 0 aliphatic carbocycles. The SMILES string of the molecule is CCCCCCCC/C=C\CCCCCCCCOC(N)CC. The van der Waals surface area contributed by atoms with E-state index in [1.165, 1.54) is 83.5 Å². The molecule has 1 unspecified atom stereocenters. The van der Waals surface area contributed by atoms with Crippen LogP contribution in [0.25, 0.3) is 0 Å². The molecule has 138 valence electrons. The predicted molar refractivity (Wildman–Crippen MR) is 104 cm³/mol. The van der Waals surface area contributed by atoms with Crippen molar-refractivity contribution < 1.29 is 4.74 Å². The Morgan fingerprint density at radius 1 is 0.696 bits per heavy atom. The van der Waals surface area contributed by atoms with Crippen molar-refractivity contribution in [3.63, 3.8) is 0 Å². The number of allylic oxidation sites excluding steroid dienone is 2. The molecule has 2 N–H and O–H groups in total. The number of hydrogen-bond donors (Lipinski definition) is 1. The molecule has 0 aromatic rings. The van der Waals surface area contributed by atoms with Crippen molar-refractivity contribution in [2.24, 2.45) is 5.73 Å². The quantitative estimate of drug-likeness (QED) is 0.172. The Kier molecular flexibility index (Phi) is 19.4. The number of unbranched alkanes of at least 4 members (excludes halogenated alkanes) is 12. The summed E-state index contributed by atoms with van der Waals surface area (Å²) in [6, 6.07) is 0. The summed E-state index contributed by atoms with van der Waals surface area (Å²) >= 11 is 0. The lowest BCUT2D eigenvalue weighted by Gasteiger charge is -2.09. The summed E-state index contributed by atoms with van der Waals surface area (Å²) in [5.74, 6) is 0.